The summed E-state index contributed by atoms with van der Waals surface area (Å²) in [5, 5.41) is 5.28. The summed E-state index contributed by atoms with van der Waals surface area (Å²) in [4.78, 5) is 1.81. The molecule has 7 nitrogen and oxygen atoms in total. The van der Waals surface area contributed by atoms with Crippen LogP contribution in [0.25, 0.3) is 0 Å². The van der Waals surface area contributed by atoms with Crippen LogP contribution in [0.4, 0.5) is 5.69 Å². The average Bonchev–Trinajstić information content (AvgIpc) is 2.45. The number of rotatable bonds is 7. The summed E-state index contributed by atoms with van der Waals surface area (Å²) < 4.78 is 39.4. The molecule has 0 aliphatic rings. The van der Waals surface area contributed by atoms with Gasteiger partial charge in [-0.2, -0.15) is 0 Å². The first kappa shape index (κ1) is 17.4. The standard InChI is InChI=1S/C13H22N2O5S/c1-6-15(7-2)9-8-10(21(14,16)17)12(19-4)13(20-5)11(9)18-3/h8H,6-7H2,1-5H3,(H2,14,16,17). The normalized spacial score (nSPS) is 11.1. The molecule has 0 saturated heterocycles. The molecule has 1 aromatic carbocycles. The Labute approximate surface area is 125 Å². The van der Waals surface area contributed by atoms with Crippen molar-refractivity contribution in [1.82, 2.24) is 0 Å². The highest BCUT2D eigenvalue weighted by Crippen LogP contribution is 2.47. The van der Waals surface area contributed by atoms with E-state index in [4.69, 9.17) is 19.3 Å². The monoisotopic (exact) mass is 318 g/mol. The zero-order valence-corrected chi connectivity index (χ0v) is 13.8. The van der Waals surface area contributed by atoms with Crippen LogP contribution in [-0.2, 0) is 10.0 Å². The van der Waals surface area contributed by atoms with E-state index in [-0.39, 0.29) is 16.4 Å². The second-order valence-corrected chi connectivity index (χ2v) is 5.74. The maximum absolute atomic E-state index is 11.8. The lowest BCUT2D eigenvalue weighted by atomic mass is 10.2. The van der Waals surface area contributed by atoms with Crippen LogP contribution in [0, 0.1) is 0 Å². The zero-order valence-electron chi connectivity index (χ0n) is 13.0. The SMILES string of the molecule is CCN(CC)c1cc(S(N)(=O)=O)c(OC)c(OC)c1OC. The maximum atomic E-state index is 11.8. The summed E-state index contributed by atoms with van der Waals surface area (Å²) in [6.07, 6.45) is 0. The van der Waals surface area contributed by atoms with Crippen molar-refractivity contribution in [3.05, 3.63) is 6.07 Å². The number of hydrogen-bond donors (Lipinski definition) is 1. The van der Waals surface area contributed by atoms with E-state index in [0.717, 1.165) is 0 Å². The average molecular weight is 318 g/mol. The largest absolute Gasteiger partial charge is 0.491 e. The van der Waals surface area contributed by atoms with Gasteiger partial charge in [-0.25, -0.2) is 13.6 Å². The maximum Gasteiger partial charge on any atom is 0.241 e. The highest BCUT2D eigenvalue weighted by molar-refractivity contribution is 7.89. The fourth-order valence-corrected chi connectivity index (χ4v) is 2.88. The Morgan fingerprint density at radius 2 is 1.48 bits per heavy atom. The number of sulfonamides is 1. The molecule has 0 bridgehead atoms. The van der Waals surface area contributed by atoms with Crippen LogP contribution in [0.1, 0.15) is 13.8 Å². The Balaban J connectivity index is 3.81. The Morgan fingerprint density at radius 3 is 1.81 bits per heavy atom. The predicted octanol–water partition coefficient (Wildman–Crippen LogP) is 1.21. The number of primary sulfonamides is 1. The fraction of sp³-hybridized carbons (Fsp3) is 0.538. The third-order valence-electron chi connectivity index (χ3n) is 3.16. The van der Waals surface area contributed by atoms with E-state index in [9.17, 15) is 8.42 Å². The smallest absolute Gasteiger partial charge is 0.241 e. The Hall–Kier alpha value is -1.67. The van der Waals surface area contributed by atoms with Crippen molar-refractivity contribution < 1.29 is 22.6 Å². The van der Waals surface area contributed by atoms with Gasteiger partial charge in [0.1, 0.15) is 4.90 Å². The lowest BCUT2D eigenvalue weighted by Crippen LogP contribution is -2.24. The number of nitrogens with two attached hydrogens (primary N) is 1. The van der Waals surface area contributed by atoms with Crippen molar-refractivity contribution in [2.75, 3.05) is 39.3 Å². The third kappa shape index (κ3) is 3.33. The van der Waals surface area contributed by atoms with Crippen LogP contribution >= 0.6 is 0 Å². The highest BCUT2D eigenvalue weighted by Gasteiger charge is 2.27. The summed E-state index contributed by atoms with van der Waals surface area (Å²) >= 11 is 0. The van der Waals surface area contributed by atoms with E-state index < -0.39 is 10.0 Å². The predicted molar refractivity (Wildman–Crippen MR) is 81.0 cm³/mol. The van der Waals surface area contributed by atoms with Gasteiger partial charge in [0.15, 0.2) is 11.5 Å². The van der Waals surface area contributed by atoms with Crippen molar-refractivity contribution in [2.45, 2.75) is 18.7 Å². The van der Waals surface area contributed by atoms with Crippen LogP contribution in [0.2, 0.25) is 0 Å². The van der Waals surface area contributed by atoms with Gasteiger partial charge in [-0.1, -0.05) is 0 Å². The van der Waals surface area contributed by atoms with E-state index in [0.29, 0.717) is 24.5 Å². The molecule has 8 heteroatoms. The van der Waals surface area contributed by atoms with Crippen molar-refractivity contribution >= 4 is 15.7 Å². The molecule has 0 aromatic heterocycles. The number of benzene rings is 1. The number of ether oxygens (including phenoxy) is 3. The lowest BCUT2D eigenvalue weighted by Gasteiger charge is -2.26. The van der Waals surface area contributed by atoms with Gasteiger partial charge >= 0.3 is 0 Å². The summed E-state index contributed by atoms with van der Waals surface area (Å²) in [6.45, 7) is 5.26. The quantitative estimate of drug-likeness (QED) is 0.812. The first-order valence-electron chi connectivity index (χ1n) is 6.46. The van der Waals surface area contributed by atoms with Gasteiger partial charge < -0.3 is 19.1 Å². The second-order valence-electron chi connectivity index (χ2n) is 4.21. The third-order valence-corrected chi connectivity index (χ3v) is 4.08. The van der Waals surface area contributed by atoms with E-state index in [1.807, 2.05) is 18.7 Å². The summed E-state index contributed by atoms with van der Waals surface area (Å²) in [5.74, 6) is 0.645. The minimum Gasteiger partial charge on any atom is -0.491 e. The Kier molecular flexibility index (Phi) is 5.68. The lowest BCUT2D eigenvalue weighted by molar-refractivity contribution is 0.319. The molecule has 1 aromatic rings. The van der Waals surface area contributed by atoms with Gasteiger partial charge in [0.2, 0.25) is 15.8 Å². The summed E-state index contributed by atoms with van der Waals surface area (Å²) in [5.41, 5.74) is 0.587. The van der Waals surface area contributed by atoms with Gasteiger partial charge in [0, 0.05) is 13.1 Å². The van der Waals surface area contributed by atoms with Crippen molar-refractivity contribution in [3.8, 4) is 17.2 Å². The fourth-order valence-electron chi connectivity index (χ4n) is 2.17. The molecule has 0 fully saturated rings. The van der Waals surface area contributed by atoms with Gasteiger partial charge in [0.25, 0.3) is 0 Å². The minimum atomic E-state index is -3.96. The van der Waals surface area contributed by atoms with Crippen molar-refractivity contribution in [1.29, 1.82) is 0 Å². The number of anilines is 1. The molecule has 21 heavy (non-hydrogen) atoms. The molecule has 0 radical (unpaired) electrons. The molecule has 0 aliphatic carbocycles. The number of nitrogens with zero attached hydrogens (tertiary/aromatic N) is 1. The molecule has 0 heterocycles. The van der Waals surface area contributed by atoms with Gasteiger partial charge in [-0.15, -0.1) is 0 Å². The van der Waals surface area contributed by atoms with E-state index in [1.165, 1.54) is 27.4 Å². The second kappa shape index (κ2) is 6.86. The Bertz CT molecular complexity index is 597. The van der Waals surface area contributed by atoms with Crippen molar-refractivity contribution in [2.24, 2.45) is 5.14 Å². The highest BCUT2D eigenvalue weighted by atomic mass is 32.2. The van der Waals surface area contributed by atoms with Crippen LogP contribution in [0.3, 0.4) is 0 Å². The first-order chi connectivity index (χ1) is 9.85. The summed E-state index contributed by atoms with van der Waals surface area (Å²) in [6, 6.07) is 1.45. The molecular formula is C13H22N2O5S. The van der Waals surface area contributed by atoms with Gasteiger partial charge in [-0.3, -0.25) is 0 Å². The van der Waals surface area contributed by atoms with E-state index in [1.54, 1.807) is 0 Å². The van der Waals surface area contributed by atoms with E-state index in [2.05, 4.69) is 0 Å². The molecular weight excluding hydrogens is 296 g/mol. The van der Waals surface area contributed by atoms with E-state index >= 15 is 0 Å². The molecule has 2 N–H and O–H groups in total. The number of hydrogen-bond acceptors (Lipinski definition) is 6. The first-order valence-corrected chi connectivity index (χ1v) is 8.00. The Morgan fingerprint density at radius 1 is 1.00 bits per heavy atom. The molecule has 0 amide bonds. The van der Waals surface area contributed by atoms with Gasteiger partial charge in [-0.05, 0) is 19.9 Å². The van der Waals surface area contributed by atoms with Crippen LogP contribution in [-0.4, -0.2) is 42.8 Å². The van der Waals surface area contributed by atoms with Crippen LogP contribution < -0.4 is 24.2 Å². The molecule has 1 rings (SSSR count). The number of methoxy groups -OCH3 is 3. The minimum absolute atomic E-state index is 0.0350. The zero-order chi connectivity index (χ0) is 16.2. The van der Waals surface area contributed by atoms with Crippen molar-refractivity contribution in [3.63, 3.8) is 0 Å². The molecule has 0 saturated carbocycles. The molecule has 0 aliphatic heterocycles. The molecule has 0 spiro atoms. The molecule has 0 atom stereocenters. The molecule has 120 valence electrons. The van der Waals surface area contributed by atoms with Gasteiger partial charge in [0.05, 0.1) is 27.0 Å². The summed E-state index contributed by atoms with van der Waals surface area (Å²) in [7, 11) is 0.290. The van der Waals surface area contributed by atoms with Crippen LogP contribution in [0.5, 0.6) is 17.2 Å². The topological polar surface area (TPSA) is 91.1 Å². The van der Waals surface area contributed by atoms with Crippen LogP contribution in [0.15, 0.2) is 11.0 Å². The molecule has 0 unspecified atom stereocenters.